The first kappa shape index (κ1) is 9.62. The summed E-state index contributed by atoms with van der Waals surface area (Å²) in [5, 5.41) is 0. The Labute approximate surface area is 77.5 Å². The molecule has 2 bridgehead atoms. The van der Waals surface area contributed by atoms with E-state index in [9.17, 15) is 9.46 Å². The highest BCUT2D eigenvalue weighted by Crippen LogP contribution is 2.45. The van der Waals surface area contributed by atoms with Crippen molar-refractivity contribution >= 4 is 7.82 Å². The van der Waals surface area contributed by atoms with Crippen LogP contribution in [0.1, 0.15) is 6.92 Å². The second kappa shape index (κ2) is 3.04. The van der Waals surface area contributed by atoms with Crippen molar-refractivity contribution in [3.05, 3.63) is 0 Å². The molecule has 13 heavy (non-hydrogen) atoms. The lowest BCUT2D eigenvalue weighted by Crippen LogP contribution is -2.79. The monoisotopic (exact) mass is 207 g/mol. The maximum absolute atomic E-state index is 11.0. The molecule has 3 rings (SSSR count). The molecule has 1 unspecified atom stereocenters. The van der Waals surface area contributed by atoms with Gasteiger partial charge in [0, 0.05) is 0 Å². The molecular formula is C7H14NO4P. The maximum atomic E-state index is 11.0. The average Bonchev–Trinajstić information content (AvgIpc) is 1.79. The van der Waals surface area contributed by atoms with Gasteiger partial charge in [0.1, 0.15) is 5.92 Å². The fourth-order valence-electron chi connectivity index (χ4n) is 2.03. The standard InChI is InChI=1S/C7H14NO4P/c1-2-11-13(9,10)12-6-8-3-7(4-8)5-8/h7H,2-6H2,1H3. The quantitative estimate of drug-likeness (QED) is 0.467. The van der Waals surface area contributed by atoms with Gasteiger partial charge in [0.15, 0.2) is 6.73 Å². The van der Waals surface area contributed by atoms with Gasteiger partial charge in [-0.05, 0) is 6.92 Å². The van der Waals surface area contributed by atoms with Crippen LogP contribution in [0.4, 0.5) is 0 Å². The van der Waals surface area contributed by atoms with Crippen LogP contribution in [-0.4, -0.2) is 37.5 Å². The van der Waals surface area contributed by atoms with Gasteiger partial charge < -0.3 is 9.42 Å². The first-order valence-corrected chi connectivity index (χ1v) is 5.97. The van der Waals surface area contributed by atoms with Crippen molar-refractivity contribution in [2.24, 2.45) is 5.92 Å². The largest absolute Gasteiger partial charge is 0.756 e. The van der Waals surface area contributed by atoms with Crippen LogP contribution >= 0.6 is 7.82 Å². The molecule has 0 amide bonds. The van der Waals surface area contributed by atoms with E-state index in [1.54, 1.807) is 6.92 Å². The molecule has 3 heterocycles. The molecule has 76 valence electrons. The minimum absolute atomic E-state index is 0.142. The summed E-state index contributed by atoms with van der Waals surface area (Å²) in [6.07, 6.45) is 0. The molecule has 0 aromatic rings. The van der Waals surface area contributed by atoms with Crippen LogP contribution in [-0.2, 0) is 13.6 Å². The summed E-state index contributed by atoms with van der Waals surface area (Å²) < 4.78 is 21.1. The Balaban J connectivity index is 1.75. The zero-order valence-electron chi connectivity index (χ0n) is 7.64. The molecule has 5 nitrogen and oxygen atoms in total. The molecule has 0 radical (unpaired) electrons. The maximum Gasteiger partial charge on any atom is 0.272 e. The first-order chi connectivity index (χ1) is 6.05. The van der Waals surface area contributed by atoms with Crippen molar-refractivity contribution < 1.29 is 23.0 Å². The molecule has 0 spiro atoms. The van der Waals surface area contributed by atoms with E-state index in [2.05, 4.69) is 4.52 Å². The highest BCUT2D eigenvalue weighted by Gasteiger charge is 2.58. The topological polar surface area (TPSA) is 58.6 Å². The Morgan fingerprint density at radius 2 is 2.08 bits per heavy atom. The van der Waals surface area contributed by atoms with Gasteiger partial charge in [0.2, 0.25) is 0 Å². The molecule has 3 aliphatic heterocycles. The molecule has 1 atom stereocenters. The van der Waals surface area contributed by atoms with Gasteiger partial charge in [-0.2, -0.15) is 0 Å². The summed E-state index contributed by atoms with van der Waals surface area (Å²) in [7, 11) is -4.01. The Bertz CT molecular complexity index is 240. The van der Waals surface area contributed by atoms with Gasteiger partial charge in [-0.1, -0.05) is 0 Å². The van der Waals surface area contributed by atoms with Crippen LogP contribution < -0.4 is 4.89 Å². The molecule has 6 heteroatoms. The van der Waals surface area contributed by atoms with E-state index < -0.39 is 7.82 Å². The van der Waals surface area contributed by atoms with Gasteiger partial charge in [0.25, 0.3) is 7.82 Å². The lowest BCUT2D eigenvalue weighted by molar-refractivity contribution is -1.06. The van der Waals surface area contributed by atoms with Crippen molar-refractivity contribution in [2.75, 3.05) is 33.0 Å². The molecule has 3 fully saturated rings. The van der Waals surface area contributed by atoms with E-state index in [-0.39, 0.29) is 13.3 Å². The van der Waals surface area contributed by atoms with E-state index >= 15 is 0 Å². The Hall–Kier alpha value is 0.0700. The lowest BCUT2D eigenvalue weighted by atomic mass is 9.83. The summed E-state index contributed by atoms with van der Waals surface area (Å²) in [6.45, 7) is 5.26. The molecular weight excluding hydrogens is 193 g/mol. The number of quaternary nitrogens is 1. The molecule has 0 N–H and O–H groups in total. The second-order valence-corrected chi connectivity index (χ2v) is 5.29. The Morgan fingerprint density at radius 1 is 1.46 bits per heavy atom. The number of phosphoric acid groups is 1. The van der Waals surface area contributed by atoms with Crippen molar-refractivity contribution in [3.63, 3.8) is 0 Å². The zero-order valence-corrected chi connectivity index (χ0v) is 8.53. The fraction of sp³-hybridized carbons (Fsp3) is 1.00. The molecule has 0 aromatic heterocycles. The summed E-state index contributed by atoms with van der Waals surface area (Å²) in [5.41, 5.74) is 0. The summed E-state index contributed by atoms with van der Waals surface area (Å²) in [4.78, 5) is 11.0. The smallest absolute Gasteiger partial charge is 0.272 e. The van der Waals surface area contributed by atoms with E-state index in [0.717, 1.165) is 30.0 Å². The second-order valence-electron chi connectivity index (χ2n) is 3.88. The van der Waals surface area contributed by atoms with Crippen molar-refractivity contribution in [1.29, 1.82) is 0 Å². The average molecular weight is 207 g/mol. The predicted octanol–water partition coefficient (Wildman–Crippen LogP) is -0.0744. The molecule has 0 aliphatic carbocycles. The van der Waals surface area contributed by atoms with Crippen LogP contribution in [0.15, 0.2) is 0 Å². The lowest BCUT2D eigenvalue weighted by Gasteiger charge is -2.61. The van der Waals surface area contributed by atoms with Gasteiger partial charge >= 0.3 is 0 Å². The summed E-state index contributed by atoms with van der Waals surface area (Å²) >= 11 is 0. The number of hydrogen-bond donors (Lipinski definition) is 0. The van der Waals surface area contributed by atoms with Crippen LogP contribution in [0.5, 0.6) is 0 Å². The highest BCUT2D eigenvalue weighted by molar-refractivity contribution is 7.45. The number of nitrogens with zero attached hydrogens (tertiary/aromatic N) is 1. The third-order valence-electron chi connectivity index (χ3n) is 2.71. The number of hydrogen-bond acceptors (Lipinski definition) is 4. The van der Waals surface area contributed by atoms with Crippen LogP contribution in [0.25, 0.3) is 0 Å². The minimum Gasteiger partial charge on any atom is -0.756 e. The summed E-state index contributed by atoms with van der Waals surface area (Å²) in [5.74, 6) is 0.821. The van der Waals surface area contributed by atoms with Crippen molar-refractivity contribution in [2.45, 2.75) is 6.92 Å². The highest BCUT2D eigenvalue weighted by atomic mass is 31.2. The molecule has 0 aromatic carbocycles. The first-order valence-electron chi connectivity index (χ1n) is 4.50. The van der Waals surface area contributed by atoms with Crippen molar-refractivity contribution in [1.82, 2.24) is 0 Å². The Kier molecular flexibility index (Phi) is 2.25. The van der Waals surface area contributed by atoms with Crippen LogP contribution in [0, 0.1) is 5.92 Å². The normalized spacial score (nSPS) is 40.3. The summed E-state index contributed by atoms with van der Waals surface area (Å²) in [6, 6.07) is 0. The molecule has 3 aliphatic rings. The van der Waals surface area contributed by atoms with Gasteiger partial charge in [-0.3, -0.25) is 13.6 Å². The third kappa shape index (κ3) is 1.80. The van der Waals surface area contributed by atoms with Crippen LogP contribution in [0.2, 0.25) is 0 Å². The van der Waals surface area contributed by atoms with E-state index in [4.69, 9.17) is 4.52 Å². The van der Waals surface area contributed by atoms with E-state index in [0.29, 0.717) is 0 Å². The molecule has 0 saturated carbocycles. The van der Waals surface area contributed by atoms with Gasteiger partial charge in [-0.15, -0.1) is 0 Å². The SMILES string of the molecule is CCOP(=O)([O-])OC[N+]12CC(C1)C2. The van der Waals surface area contributed by atoms with E-state index in [1.807, 2.05) is 0 Å². The van der Waals surface area contributed by atoms with Gasteiger partial charge in [0.05, 0.1) is 26.2 Å². The van der Waals surface area contributed by atoms with E-state index in [1.165, 1.54) is 0 Å². The zero-order chi connectivity index (χ0) is 9.53. The minimum atomic E-state index is -4.01. The van der Waals surface area contributed by atoms with Crippen LogP contribution in [0.3, 0.4) is 0 Å². The third-order valence-corrected chi connectivity index (χ3v) is 3.72. The number of phosphoric ester groups is 1. The Morgan fingerprint density at radius 3 is 2.46 bits per heavy atom. The number of rotatable bonds is 5. The van der Waals surface area contributed by atoms with Crippen molar-refractivity contribution in [3.8, 4) is 0 Å². The fourth-order valence-corrected chi connectivity index (χ4v) is 2.81. The predicted molar refractivity (Wildman–Crippen MR) is 43.5 cm³/mol. The molecule has 3 saturated heterocycles. The van der Waals surface area contributed by atoms with Gasteiger partial charge in [-0.25, -0.2) is 0 Å².